The molecule has 0 spiro atoms. The summed E-state index contributed by atoms with van der Waals surface area (Å²) in [7, 11) is -7.73. The first-order valence-corrected chi connectivity index (χ1v) is 22.2. The Kier molecular flexibility index (Phi) is 10.5. The van der Waals surface area contributed by atoms with Gasteiger partial charge in [-0.2, -0.15) is 0 Å². The van der Waals surface area contributed by atoms with Crippen molar-refractivity contribution in [1.82, 2.24) is 0 Å². The Bertz CT molecular complexity index is 1200. The molecule has 2 aromatic rings. The van der Waals surface area contributed by atoms with E-state index >= 15 is 0 Å². The van der Waals surface area contributed by atoms with Crippen LogP contribution in [0.4, 0.5) is 0 Å². The van der Waals surface area contributed by atoms with Gasteiger partial charge in [0.05, 0.1) is 18.4 Å². The third-order valence-corrected chi connectivity index (χ3v) is 19.4. The maximum absolute atomic E-state index is 14.2. The van der Waals surface area contributed by atoms with Gasteiger partial charge < -0.3 is 17.9 Å². The van der Waals surface area contributed by atoms with Crippen molar-refractivity contribution in [3.8, 4) is 11.5 Å². The Morgan fingerprint density at radius 1 is 0.805 bits per heavy atom. The molecule has 0 N–H and O–H groups in total. The lowest BCUT2D eigenvalue weighted by Crippen LogP contribution is -2.49. The first-order valence-electron chi connectivity index (χ1n) is 14.6. The highest BCUT2D eigenvalue weighted by atomic mass is 31.2. The monoisotopic (exact) mass is 614 g/mol. The summed E-state index contributed by atoms with van der Waals surface area (Å²) in [6.45, 7) is 27.2. The molecule has 226 valence electrons. The fourth-order valence-corrected chi connectivity index (χ4v) is 8.38. The number of para-hydroxylation sites is 2. The second-order valence-electron chi connectivity index (χ2n) is 14.2. The van der Waals surface area contributed by atoms with Crippen molar-refractivity contribution in [2.75, 3.05) is 6.16 Å². The molecular weight excluding hydrogens is 564 g/mol. The number of benzene rings is 2. The lowest BCUT2D eigenvalue weighted by atomic mass is 9.86. The van der Waals surface area contributed by atoms with Crippen LogP contribution in [0.5, 0.6) is 11.5 Å². The largest absolute Gasteiger partial charge is 0.434 e. The molecule has 5 nitrogen and oxygen atoms in total. The molecule has 2 aromatic carbocycles. The number of hydrogen-bond acceptors (Lipinski definition) is 5. The lowest BCUT2D eigenvalue weighted by Gasteiger charge is -2.45. The van der Waals surface area contributed by atoms with E-state index in [1.165, 1.54) is 0 Å². The van der Waals surface area contributed by atoms with E-state index in [1.54, 1.807) is 24.3 Å². The first kappa shape index (κ1) is 33.6. The average molecular weight is 615 g/mol. The van der Waals surface area contributed by atoms with E-state index < -0.39 is 24.2 Å². The van der Waals surface area contributed by atoms with Crippen LogP contribution in [0.2, 0.25) is 36.3 Å². The molecule has 0 aliphatic heterocycles. The molecule has 0 saturated heterocycles. The first-order chi connectivity index (χ1) is 18.8. The fourth-order valence-electron chi connectivity index (χ4n) is 4.20. The van der Waals surface area contributed by atoms with E-state index in [0.29, 0.717) is 17.9 Å². The summed E-state index contributed by atoms with van der Waals surface area (Å²) in [4.78, 5) is 0. The van der Waals surface area contributed by atoms with E-state index in [0.717, 1.165) is 17.6 Å². The summed E-state index contributed by atoms with van der Waals surface area (Å²) in [6, 6.07) is 18.4. The molecule has 1 aliphatic carbocycles. The average Bonchev–Trinajstić information content (AvgIpc) is 2.84. The Morgan fingerprint density at radius 2 is 1.24 bits per heavy atom. The van der Waals surface area contributed by atoms with Crippen molar-refractivity contribution in [3.05, 3.63) is 84.5 Å². The van der Waals surface area contributed by atoms with Gasteiger partial charge in [-0.15, -0.1) is 0 Å². The van der Waals surface area contributed by atoms with Crippen LogP contribution in [0.3, 0.4) is 0 Å². The SMILES string of the molecule is C=C1/C(=C\CP(=O)(Oc2ccccc2)Oc2ccccc2)C[C@@H](O[Si](C)(C)C(C)(C)C)C[C@@H]1O[Si](C)(C)C(C)(C)C. The van der Waals surface area contributed by atoms with Crippen LogP contribution in [-0.2, 0) is 13.4 Å². The molecular formula is C33H51O5PSi2. The van der Waals surface area contributed by atoms with Crippen LogP contribution >= 0.6 is 7.60 Å². The van der Waals surface area contributed by atoms with Gasteiger partial charge in [-0.05, 0) is 78.1 Å². The van der Waals surface area contributed by atoms with Crippen LogP contribution in [0.25, 0.3) is 0 Å². The minimum Gasteiger partial charge on any atom is -0.416 e. The highest BCUT2D eigenvalue weighted by Gasteiger charge is 2.44. The van der Waals surface area contributed by atoms with Gasteiger partial charge >= 0.3 is 7.60 Å². The summed E-state index contributed by atoms with van der Waals surface area (Å²) in [6.07, 6.45) is 3.39. The molecule has 1 aliphatic rings. The van der Waals surface area contributed by atoms with Crippen LogP contribution in [0.1, 0.15) is 54.4 Å². The van der Waals surface area contributed by atoms with Gasteiger partial charge in [-0.25, -0.2) is 4.57 Å². The van der Waals surface area contributed by atoms with Crippen LogP contribution in [0, 0.1) is 0 Å². The van der Waals surface area contributed by atoms with E-state index in [4.69, 9.17) is 17.9 Å². The highest BCUT2D eigenvalue weighted by molar-refractivity contribution is 7.54. The van der Waals surface area contributed by atoms with Gasteiger partial charge in [-0.1, -0.05) is 90.6 Å². The smallest absolute Gasteiger partial charge is 0.416 e. The van der Waals surface area contributed by atoms with Crippen LogP contribution < -0.4 is 9.05 Å². The third kappa shape index (κ3) is 9.04. The molecule has 2 atom stereocenters. The standard InChI is InChI=1S/C33H51O5PSi2/c1-26-27(22-23-39(34,35-28-18-14-12-15-19-28)36-29-20-16-13-17-21-29)24-30(37-40(8,9)32(2,3)4)25-31(26)38-41(10,11)33(5,6)7/h12-22,30-31H,1,23-25H2,2-11H3/b27-22-/t30-,31+/m1/s1. The van der Waals surface area contributed by atoms with Crippen molar-refractivity contribution in [2.24, 2.45) is 0 Å². The zero-order chi connectivity index (χ0) is 30.7. The van der Waals surface area contributed by atoms with Gasteiger partial charge in [0.2, 0.25) is 0 Å². The molecule has 0 amide bonds. The molecule has 8 heteroatoms. The van der Waals surface area contributed by atoms with Crippen molar-refractivity contribution in [2.45, 2.75) is 103 Å². The molecule has 0 unspecified atom stereocenters. The lowest BCUT2D eigenvalue weighted by molar-refractivity contribution is 0.0969. The Hall–Kier alpha value is -1.90. The number of allylic oxidation sites excluding steroid dienone is 1. The number of rotatable bonds is 10. The van der Waals surface area contributed by atoms with Crippen LogP contribution in [-0.4, -0.2) is 35.0 Å². The van der Waals surface area contributed by atoms with Gasteiger partial charge in [0.25, 0.3) is 0 Å². The summed E-state index contributed by atoms with van der Waals surface area (Å²) >= 11 is 0. The summed E-state index contributed by atoms with van der Waals surface area (Å²) < 4.78 is 40.2. The van der Waals surface area contributed by atoms with Crippen molar-refractivity contribution >= 4 is 24.2 Å². The molecule has 0 aromatic heterocycles. The maximum Gasteiger partial charge on any atom is 0.434 e. The molecule has 1 fully saturated rings. The van der Waals surface area contributed by atoms with Crippen molar-refractivity contribution in [1.29, 1.82) is 0 Å². The molecule has 0 heterocycles. The third-order valence-electron chi connectivity index (χ3n) is 8.77. The molecule has 3 rings (SSSR count). The van der Waals surface area contributed by atoms with Crippen molar-refractivity contribution in [3.63, 3.8) is 0 Å². The zero-order valence-electron chi connectivity index (χ0n) is 26.8. The summed E-state index contributed by atoms with van der Waals surface area (Å²) in [5.41, 5.74) is 1.95. The summed E-state index contributed by atoms with van der Waals surface area (Å²) in [5.74, 6) is 1.01. The van der Waals surface area contributed by atoms with E-state index in [1.807, 2.05) is 42.5 Å². The Balaban J connectivity index is 1.95. The maximum atomic E-state index is 14.2. The van der Waals surface area contributed by atoms with Gasteiger partial charge in [0, 0.05) is 6.42 Å². The quantitative estimate of drug-likeness (QED) is 0.197. The zero-order valence-corrected chi connectivity index (χ0v) is 29.7. The molecule has 0 radical (unpaired) electrons. The van der Waals surface area contributed by atoms with Crippen molar-refractivity contribution < 1.29 is 22.5 Å². The summed E-state index contributed by atoms with van der Waals surface area (Å²) in [5, 5.41) is 0.150. The molecule has 41 heavy (non-hydrogen) atoms. The predicted molar refractivity (Wildman–Crippen MR) is 177 cm³/mol. The normalized spacial score (nSPS) is 20.2. The van der Waals surface area contributed by atoms with E-state index in [2.05, 4.69) is 74.3 Å². The number of hydrogen-bond donors (Lipinski definition) is 0. The predicted octanol–water partition coefficient (Wildman–Crippen LogP) is 10.4. The van der Waals surface area contributed by atoms with Gasteiger partial charge in [0.1, 0.15) is 11.5 Å². The van der Waals surface area contributed by atoms with E-state index in [9.17, 15) is 4.57 Å². The minimum absolute atomic E-state index is 0.00752. The second-order valence-corrected chi connectivity index (χ2v) is 25.6. The Labute approximate surface area is 251 Å². The Morgan fingerprint density at radius 3 is 1.68 bits per heavy atom. The molecule has 0 bridgehead atoms. The highest BCUT2D eigenvalue weighted by Crippen LogP contribution is 2.50. The molecule has 1 saturated carbocycles. The minimum atomic E-state index is -3.61. The van der Waals surface area contributed by atoms with E-state index in [-0.39, 0.29) is 28.4 Å². The van der Waals surface area contributed by atoms with Crippen LogP contribution in [0.15, 0.2) is 84.5 Å². The topological polar surface area (TPSA) is 54.0 Å². The van der Waals surface area contributed by atoms with Gasteiger partial charge in [0.15, 0.2) is 16.6 Å². The fraction of sp³-hybridized carbons (Fsp3) is 0.515. The van der Waals surface area contributed by atoms with Gasteiger partial charge in [-0.3, -0.25) is 0 Å². The second kappa shape index (κ2) is 12.8.